The van der Waals surface area contributed by atoms with Gasteiger partial charge in [-0.2, -0.15) is 5.10 Å². The molecule has 0 bridgehead atoms. The lowest BCUT2D eigenvalue weighted by Gasteiger charge is -2.04. The van der Waals surface area contributed by atoms with Crippen LogP contribution in [0.2, 0.25) is 0 Å². The molecular formula is C17H12BrN5. The van der Waals surface area contributed by atoms with Crippen molar-refractivity contribution in [1.82, 2.24) is 25.1 Å². The fraction of sp³-hybridized carbons (Fsp3) is 0.0588. The number of aromatic amines is 1. The Kier molecular flexibility index (Phi) is 3.38. The fourth-order valence-corrected chi connectivity index (χ4v) is 2.81. The van der Waals surface area contributed by atoms with E-state index >= 15 is 0 Å². The minimum Gasteiger partial charge on any atom is -0.284 e. The molecule has 0 saturated carbocycles. The fourth-order valence-electron chi connectivity index (χ4n) is 2.49. The van der Waals surface area contributed by atoms with Crippen LogP contribution in [0.5, 0.6) is 0 Å². The van der Waals surface area contributed by atoms with E-state index in [2.05, 4.69) is 36.1 Å². The highest BCUT2D eigenvalue weighted by molar-refractivity contribution is 9.10. The minimum absolute atomic E-state index is 0.795. The van der Waals surface area contributed by atoms with Crippen LogP contribution in [0.1, 0.15) is 5.69 Å². The highest BCUT2D eigenvalue weighted by Gasteiger charge is 2.13. The summed E-state index contributed by atoms with van der Waals surface area (Å²) < 4.78 is 0.905. The second kappa shape index (κ2) is 5.55. The van der Waals surface area contributed by atoms with Gasteiger partial charge in [-0.3, -0.25) is 15.1 Å². The molecule has 0 spiro atoms. The average Bonchev–Trinajstić information content (AvgIpc) is 3.03. The van der Waals surface area contributed by atoms with E-state index in [0.29, 0.717) is 0 Å². The minimum atomic E-state index is 0.795. The molecule has 1 N–H and O–H groups in total. The summed E-state index contributed by atoms with van der Waals surface area (Å²) in [6.45, 7) is 1.97. The molecule has 4 aromatic heterocycles. The Hall–Kier alpha value is -2.60. The molecule has 0 unspecified atom stereocenters. The van der Waals surface area contributed by atoms with Gasteiger partial charge >= 0.3 is 0 Å². The molecule has 0 aromatic carbocycles. The maximum atomic E-state index is 4.71. The van der Waals surface area contributed by atoms with Crippen molar-refractivity contribution < 1.29 is 0 Å². The summed E-state index contributed by atoms with van der Waals surface area (Å²) in [5, 5.41) is 7.27. The molecule has 4 heterocycles. The number of hydrogen-bond acceptors (Lipinski definition) is 4. The van der Waals surface area contributed by atoms with Crippen LogP contribution in [0, 0.1) is 6.92 Å². The Balaban J connectivity index is 1.87. The largest absolute Gasteiger partial charge is 0.284 e. The quantitative estimate of drug-likeness (QED) is 0.579. The standard InChI is InChI=1S/C17H12BrN5/c1-10-3-2-4-15(21-10)17-12(9-20-23-17)13-5-6-14-16(22-13)7-11(18)8-19-14/h2-9H,1H3,(H,20,23). The summed E-state index contributed by atoms with van der Waals surface area (Å²) in [5.41, 5.74) is 6.03. The van der Waals surface area contributed by atoms with Gasteiger partial charge in [-0.05, 0) is 53.2 Å². The van der Waals surface area contributed by atoms with Crippen molar-refractivity contribution in [2.75, 3.05) is 0 Å². The van der Waals surface area contributed by atoms with Crippen molar-refractivity contribution in [2.24, 2.45) is 0 Å². The number of nitrogens with one attached hydrogen (secondary N) is 1. The summed E-state index contributed by atoms with van der Waals surface area (Å²) in [6, 6.07) is 11.8. The van der Waals surface area contributed by atoms with E-state index in [0.717, 1.165) is 43.8 Å². The third kappa shape index (κ3) is 2.61. The van der Waals surface area contributed by atoms with Crippen LogP contribution in [0.25, 0.3) is 33.7 Å². The highest BCUT2D eigenvalue weighted by atomic mass is 79.9. The second-order valence-corrected chi connectivity index (χ2v) is 6.12. The highest BCUT2D eigenvalue weighted by Crippen LogP contribution is 2.29. The van der Waals surface area contributed by atoms with Crippen LogP contribution in [-0.4, -0.2) is 25.1 Å². The number of aryl methyl sites for hydroxylation is 1. The molecule has 0 radical (unpaired) electrons. The second-order valence-electron chi connectivity index (χ2n) is 5.20. The maximum Gasteiger partial charge on any atom is 0.120 e. The summed E-state index contributed by atoms with van der Waals surface area (Å²) in [4.78, 5) is 13.6. The van der Waals surface area contributed by atoms with Crippen molar-refractivity contribution in [1.29, 1.82) is 0 Å². The zero-order valence-corrected chi connectivity index (χ0v) is 13.9. The van der Waals surface area contributed by atoms with E-state index in [1.165, 1.54) is 0 Å². The van der Waals surface area contributed by atoms with E-state index in [-0.39, 0.29) is 0 Å². The number of fused-ring (bicyclic) bond motifs is 1. The van der Waals surface area contributed by atoms with Gasteiger partial charge in [-0.1, -0.05) is 6.07 Å². The molecule has 5 nitrogen and oxygen atoms in total. The van der Waals surface area contributed by atoms with Gasteiger partial charge in [0.25, 0.3) is 0 Å². The number of nitrogens with zero attached hydrogens (tertiary/aromatic N) is 4. The molecule has 0 aliphatic carbocycles. The van der Waals surface area contributed by atoms with Gasteiger partial charge in [0.15, 0.2) is 0 Å². The van der Waals surface area contributed by atoms with Crippen molar-refractivity contribution in [3.63, 3.8) is 0 Å². The molecular weight excluding hydrogens is 354 g/mol. The van der Waals surface area contributed by atoms with E-state index in [1.54, 1.807) is 6.20 Å². The lowest BCUT2D eigenvalue weighted by molar-refractivity contribution is 1.08. The molecule has 0 atom stereocenters. The molecule has 23 heavy (non-hydrogen) atoms. The molecule has 0 aliphatic heterocycles. The van der Waals surface area contributed by atoms with Crippen molar-refractivity contribution in [3.05, 3.63) is 59.0 Å². The van der Waals surface area contributed by atoms with E-state index < -0.39 is 0 Å². The van der Waals surface area contributed by atoms with Gasteiger partial charge in [0, 0.05) is 28.1 Å². The number of rotatable bonds is 2. The van der Waals surface area contributed by atoms with Gasteiger partial charge in [0.2, 0.25) is 0 Å². The number of halogens is 1. The topological polar surface area (TPSA) is 67.3 Å². The molecule has 0 fully saturated rings. The lowest BCUT2D eigenvalue weighted by atomic mass is 10.1. The number of H-pyrrole nitrogens is 1. The summed E-state index contributed by atoms with van der Waals surface area (Å²) in [5.74, 6) is 0. The zero-order chi connectivity index (χ0) is 15.8. The molecule has 0 aliphatic rings. The third-order valence-electron chi connectivity index (χ3n) is 3.55. The predicted molar refractivity (Wildman–Crippen MR) is 92.8 cm³/mol. The van der Waals surface area contributed by atoms with Gasteiger partial charge in [0.1, 0.15) is 5.69 Å². The molecule has 112 valence electrons. The summed E-state index contributed by atoms with van der Waals surface area (Å²) in [7, 11) is 0. The number of hydrogen-bond donors (Lipinski definition) is 1. The predicted octanol–water partition coefficient (Wildman–Crippen LogP) is 4.15. The van der Waals surface area contributed by atoms with Crippen LogP contribution in [-0.2, 0) is 0 Å². The van der Waals surface area contributed by atoms with E-state index in [4.69, 9.17) is 4.98 Å². The van der Waals surface area contributed by atoms with E-state index in [9.17, 15) is 0 Å². The van der Waals surface area contributed by atoms with Gasteiger partial charge in [0.05, 0.1) is 22.4 Å². The van der Waals surface area contributed by atoms with Crippen LogP contribution < -0.4 is 0 Å². The Bertz CT molecular complexity index is 1010. The van der Waals surface area contributed by atoms with Crippen LogP contribution >= 0.6 is 15.9 Å². The van der Waals surface area contributed by atoms with E-state index in [1.807, 2.05) is 49.5 Å². The van der Waals surface area contributed by atoms with Gasteiger partial charge in [-0.15, -0.1) is 0 Å². The first-order chi connectivity index (χ1) is 11.2. The van der Waals surface area contributed by atoms with Crippen molar-refractivity contribution >= 4 is 27.0 Å². The monoisotopic (exact) mass is 365 g/mol. The first kappa shape index (κ1) is 14.0. The van der Waals surface area contributed by atoms with Crippen LogP contribution in [0.15, 0.2) is 53.3 Å². The molecule has 6 heteroatoms. The average molecular weight is 366 g/mol. The zero-order valence-electron chi connectivity index (χ0n) is 12.3. The normalized spacial score (nSPS) is 11.0. The van der Waals surface area contributed by atoms with Crippen LogP contribution in [0.3, 0.4) is 0 Å². The molecule has 4 rings (SSSR count). The Morgan fingerprint density at radius 2 is 1.91 bits per heavy atom. The van der Waals surface area contributed by atoms with Crippen molar-refractivity contribution in [3.8, 4) is 22.6 Å². The Labute approximate surface area is 141 Å². The molecule has 0 amide bonds. The van der Waals surface area contributed by atoms with Gasteiger partial charge < -0.3 is 0 Å². The Morgan fingerprint density at radius 3 is 2.78 bits per heavy atom. The first-order valence-electron chi connectivity index (χ1n) is 7.11. The molecule has 0 saturated heterocycles. The van der Waals surface area contributed by atoms with Crippen molar-refractivity contribution in [2.45, 2.75) is 6.92 Å². The van der Waals surface area contributed by atoms with Gasteiger partial charge in [-0.25, -0.2) is 4.98 Å². The number of aromatic nitrogens is 5. The van der Waals surface area contributed by atoms with Crippen LogP contribution in [0.4, 0.5) is 0 Å². The third-order valence-corrected chi connectivity index (χ3v) is 3.98. The number of pyridine rings is 3. The molecule has 4 aromatic rings. The summed E-state index contributed by atoms with van der Waals surface area (Å²) in [6.07, 6.45) is 3.61. The lowest BCUT2D eigenvalue weighted by Crippen LogP contribution is -1.91. The summed E-state index contributed by atoms with van der Waals surface area (Å²) >= 11 is 3.43. The first-order valence-corrected chi connectivity index (χ1v) is 7.90. The smallest absolute Gasteiger partial charge is 0.120 e. The SMILES string of the molecule is Cc1cccc(-c2n[nH]cc2-c2ccc3ncc(Br)cc3n2)n1. The Morgan fingerprint density at radius 1 is 1.00 bits per heavy atom. The maximum absolute atomic E-state index is 4.71.